The van der Waals surface area contributed by atoms with E-state index in [9.17, 15) is 4.79 Å². The lowest BCUT2D eigenvalue weighted by Gasteiger charge is -2.25. The lowest BCUT2D eigenvalue weighted by atomic mass is 10.0. The first-order valence-corrected chi connectivity index (χ1v) is 8.20. The first-order valence-electron chi connectivity index (χ1n) is 8.20. The second kappa shape index (κ2) is 7.26. The molecule has 114 valence electrons. The number of carbonyl (C=O) groups is 1. The van der Waals surface area contributed by atoms with Crippen LogP contribution in [0, 0.1) is 0 Å². The van der Waals surface area contributed by atoms with E-state index in [1.54, 1.807) is 0 Å². The van der Waals surface area contributed by atoms with Crippen molar-refractivity contribution in [3.05, 3.63) is 65.7 Å². The Balaban J connectivity index is 1.61. The molecule has 1 aliphatic rings. The minimum Gasteiger partial charge on any atom is -0.368 e. The molecule has 1 fully saturated rings. The minimum absolute atomic E-state index is 0.396. The Bertz CT molecular complexity index is 591. The van der Waals surface area contributed by atoms with Gasteiger partial charge in [0, 0.05) is 24.7 Å². The largest absolute Gasteiger partial charge is 0.368 e. The second-order valence-corrected chi connectivity index (χ2v) is 6.04. The van der Waals surface area contributed by atoms with E-state index < -0.39 is 0 Å². The van der Waals surface area contributed by atoms with E-state index >= 15 is 0 Å². The van der Waals surface area contributed by atoms with Crippen LogP contribution in [0.3, 0.4) is 0 Å². The van der Waals surface area contributed by atoms with E-state index in [2.05, 4.69) is 59.5 Å². The molecular weight excluding hydrogens is 270 g/mol. The van der Waals surface area contributed by atoms with E-state index in [1.807, 2.05) is 0 Å². The molecule has 22 heavy (non-hydrogen) atoms. The number of hydrogen-bond acceptors (Lipinski definition) is 2. The van der Waals surface area contributed by atoms with Crippen LogP contribution in [0.2, 0.25) is 0 Å². The molecule has 0 aliphatic carbocycles. The fraction of sp³-hybridized carbons (Fsp3) is 0.350. The van der Waals surface area contributed by atoms with Crippen molar-refractivity contribution in [1.29, 1.82) is 0 Å². The highest BCUT2D eigenvalue weighted by atomic mass is 16.1. The zero-order chi connectivity index (χ0) is 15.2. The van der Waals surface area contributed by atoms with Crippen LogP contribution in [0.15, 0.2) is 54.6 Å². The van der Waals surface area contributed by atoms with Gasteiger partial charge in [-0.3, -0.25) is 0 Å². The molecule has 0 spiro atoms. The highest BCUT2D eigenvalue weighted by molar-refractivity contribution is 5.55. The average Bonchev–Trinajstić information content (AvgIpc) is 3.03. The third-order valence-corrected chi connectivity index (χ3v) is 4.56. The molecule has 1 unspecified atom stereocenters. The van der Waals surface area contributed by atoms with Crippen LogP contribution in [0.1, 0.15) is 30.4 Å². The van der Waals surface area contributed by atoms with E-state index in [0.717, 1.165) is 32.1 Å². The molecule has 2 aromatic rings. The van der Waals surface area contributed by atoms with Gasteiger partial charge in [-0.1, -0.05) is 42.5 Å². The Morgan fingerprint density at radius 1 is 0.955 bits per heavy atom. The van der Waals surface area contributed by atoms with E-state index in [4.69, 9.17) is 0 Å². The van der Waals surface area contributed by atoms with Crippen LogP contribution in [0.5, 0.6) is 0 Å². The van der Waals surface area contributed by atoms with Crippen LogP contribution in [0.25, 0.3) is 0 Å². The van der Waals surface area contributed by atoms with Crippen molar-refractivity contribution in [3.63, 3.8) is 0 Å². The molecule has 1 atom stereocenters. The van der Waals surface area contributed by atoms with E-state index in [-0.39, 0.29) is 0 Å². The number of anilines is 1. The molecule has 3 rings (SSSR count). The van der Waals surface area contributed by atoms with Crippen molar-refractivity contribution in [3.8, 4) is 0 Å². The lowest BCUT2D eigenvalue weighted by Crippen LogP contribution is -2.29. The predicted octanol–water partition coefficient (Wildman–Crippen LogP) is 4.03. The number of hydrogen-bond donors (Lipinski definition) is 0. The van der Waals surface area contributed by atoms with Gasteiger partial charge in [-0.05, 0) is 48.9 Å². The van der Waals surface area contributed by atoms with E-state index in [0.29, 0.717) is 12.5 Å². The number of carbonyl (C=O) groups excluding carboxylic acids is 1. The maximum absolute atomic E-state index is 10.8. The molecule has 1 aliphatic heterocycles. The summed E-state index contributed by atoms with van der Waals surface area (Å²) in [7, 11) is 0. The number of aldehydes is 1. The second-order valence-electron chi connectivity index (χ2n) is 6.04. The van der Waals surface area contributed by atoms with Crippen LogP contribution in [0.4, 0.5) is 5.69 Å². The zero-order valence-corrected chi connectivity index (χ0v) is 12.9. The summed E-state index contributed by atoms with van der Waals surface area (Å²) in [6.07, 6.45) is 6.18. The monoisotopic (exact) mass is 293 g/mol. The van der Waals surface area contributed by atoms with Gasteiger partial charge in [0.05, 0.1) is 0 Å². The lowest BCUT2D eigenvalue weighted by molar-refractivity contribution is -0.108. The van der Waals surface area contributed by atoms with E-state index in [1.165, 1.54) is 23.2 Å². The SMILES string of the molecule is O=CCC1CCCN1c1ccc(CCc2ccccc2)cc1. The molecule has 0 aromatic heterocycles. The molecule has 2 heteroatoms. The van der Waals surface area contributed by atoms with Gasteiger partial charge in [-0.15, -0.1) is 0 Å². The highest BCUT2D eigenvalue weighted by Crippen LogP contribution is 2.27. The van der Waals surface area contributed by atoms with Crippen LogP contribution in [-0.2, 0) is 17.6 Å². The summed E-state index contributed by atoms with van der Waals surface area (Å²) in [4.78, 5) is 13.2. The van der Waals surface area contributed by atoms with Crippen LogP contribution in [-0.4, -0.2) is 18.9 Å². The van der Waals surface area contributed by atoms with Crippen molar-refractivity contribution in [2.75, 3.05) is 11.4 Å². The smallest absolute Gasteiger partial charge is 0.122 e. The third kappa shape index (κ3) is 3.56. The van der Waals surface area contributed by atoms with Gasteiger partial charge in [-0.2, -0.15) is 0 Å². The van der Waals surface area contributed by atoms with Gasteiger partial charge in [-0.25, -0.2) is 0 Å². The number of nitrogens with zero attached hydrogens (tertiary/aromatic N) is 1. The fourth-order valence-corrected chi connectivity index (χ4v) is 3.32. The van der Waals surface area contributed by atoms with Gasteiger partial charge in [0.15, 0.2) is 0 Å². The van der Waals surface area contributed by atoms with Gasteiger partial charge in [0.2, 0.25) is 0 Å². The van der Waals surface area contributed by atoms with Gasteiger partial charge in [0.1, 0.15) is 6.29 Å². The highest BCUT2D eigenvalue weighted by Gasteiger charge is 2.23. The standard InChI is InChI=1S/C20H23NO/c22-16-14-19-7-4-15-21(19)20-12-10-18(11-13-20)9-8-17-5-2-1-3-6-17/h1-3,5-6,10-13,16,19H,4,7-9,14-15H2. The Kier molecular flexibility index (Phi) is 4.89. The van der Waals surface area contributed by atoms with Crippen molar-refractivity contribution in [1.82, 2.24) is 0 Å². The summed E-state index contributed by atoms with van der Waals surface area (Å²) in [6, 6.07) is 19.9. The van der Waals surface area contributed by atoms with Crippen LogP contribution < -0.4 is 4.90 Å². The minimum atomic E-state index is 0.396. The molecule has 0 radical (unpaired) electrons. The molecule has 0 saturated carbocycles. The maximum Gasteiger partial charge on any atom is 0.122 e. The third-order valence-electron chi connectivity index (χ3n) is 4.56. The molecule has 2 nitrogen and oxygen atoms in total. The summed E-state index contributed by atoms with van der Waals surface area (Å²) < 4.78 is 0. The molecule has 0 amide bonds. The molecule has 1 saturated heterocycles. The van der Waals surface area contributed by atoms with Crippen molar-refractivity contribution in [2.24, 2.45) is 0 Å². The molecule has 1 heterocycles. The summed E-state index contributed by atoms with van der Waals surface area (Å²) in [5, 5.41) is 0. The van der Waals surface area contributed by atoms with Gasteiger partial charge < -0.3 is 9.69 Å². The molecule has 2 aromatic carbocycles. The normalized spacial score (nSPS) is 17.6. The average molecular weight is 293 g/mol. The fourth-order valence-electron chi connectivity index (χ4n) is 3.32. The van der Waals surface area contributed by atoms with Gasteiger partial charge in [0.25, 0.3) is 0 Å². The number of aryl methyl sites for hydroxylation is 2. The Morgan fingerprint density at radius 2 is 1.64 bits per heavy atom. The van der Waals surface area contributed by atoms with Crippen molar-refractivity contribution < 1.29 is 4.79 Å². The Hall–Kier alpha value is -2.09. The van der Waals surface area contributed by atoms with Crippen LogP contribution >= 0.6 is 0 Å². The Labute approximate surface area is 132 Å². The molecule has 0 bridgehead atoms. The predicted molar refractivity (Wildman–Crippen MR) is 91.3 cm³/mol. The molecule has 0 N–H and O–H groups in total. The first-order chi connectivity index (χ1) is 10.9. The number of rotatable bonds is 6. The first kappa shape index (κ1) is 14.8. The summed E-state index contributed by atoms with van der Waals surface area (Å²) in [5.74, 6) is 0. The molecular formula is C20H23NO. The van der Waals surface area contributed by atoms with Crippen molar-refractivity contribution >= 4 is 12.0 Å². The van der Waals surface area contributed by atoms with Crippen molar-refractivity contribution in [2.45, 2.75) is 38.1 Å². The number of benzene rings is 2. The summed E-state index contributed by atoms with van der Waals surface area (Å²) in [5.41, 5.74) is 4.02. The summed E-state index contributed by atoms with van der Waals surface area (Å²) >= 11 is 0. The maximum atomic E-state index is 10.8. The Morgan fingerprint density at radius 3 is 2.32 bits per heavy atom. The zero-order valence-electron chi connectivity index (χ0n) is 12.9. The quantitative estimate of drug-likeness (QED) is 0.749. The topological polar surface area (TPSA) is 20.3 Å². The summed E-state index contributed by atoms with van der Waals surface area (Å²) in [6.45, 7) is 1.07. The van der Waals surface area contributed by atoms with Gasteiger partial charge >= 0.3 is 0 Å².